The van der Waals surface area contributed by atoms with Gasteiger partial charge in [-0.1, -0.05) is 12.2 Å². The molecule has 0 aromatic heterocycles. The topological polar surface area (TPSA) is 47.3 Å². The van der Waals surface area contributed by atoms with E-state index in [1.165, 1.54) is 0 Å². The minimum absolute atomic E-state index is 0.0258. The summed E-state index contributed by atoms with van der Waals surface area (Å²) in [5.41, 5.74) is 5.40. The van der Waals surface area contributed by atoms with E-state index in [1.54, 1.807) is 0 Å². The maximum Gasteiger partial charge on any atom is 0.150 e. The number of anilines is 1. The average Bonchev–Trinajstić information content (AvgIpc) is 2.73. The number of benzene rings is 1. The Hall–Kier alpha value is -1.27. The van der Waals surface area contributed by atoms with Gasteiger partial charge in [0.05, 0.1) is 6.10 Å². The van der Waals surface area contributed by atoms with Gasteiger partial charge in [0.2, 0.25) is 0 Å². The van der Waals surface area contributed by atoms with E-state index in [4.69, 9.17) is 22.7 Å². The van der Waals surface area contributed by atoms with Crippen LogP contribution in [-0.2, 0) is 4.74 Å². The minimum atomic E-state index is -0.686. The summed E-state index contributed by atoms with van der Waals surface area (Å²) < 4.78 is 33.0. The Morgan fingerprint density at radius 1 is 1.47 bits per heavy atom. The van der Waals surface area contributed by atoms with Gasteiger partial charge in [-0.15, -0.1) is 0 Å². The summed E-state index contributed by atoms with van der Waals surface area (Å²) in [5, 5.41) is 2.81. The van der Waals surface area contributed by atoms with Gasteiger partial charge in [-0.25, -0.2) is 8.78 Å². The highest BCUT2D eigenvalue weighted by Crippen LogP contribution is 2.24. The van der Waals surface area contributed by atoms with Crippen molar-refractivity contribution in [2.24, 2.45) is 11.7 Å². The molecule has 1 aromatic rings. The van der Waals surface area contributed by atoms with Gasteiger partial charge < -0.3 is 15.8 Å². The molecule has 1 aliphatic rings. The zero-order valence-corrected chi connectivity index (χ0v) is 11.4. The fourth-order valence-electron chi connectivity index (χ4n) is 2.16. The van der Waals surface area contributed by atoms with Crippen molar-refractivity contribution in [1.29, 1.82) is 0 Å². The second-order valence-electron chi connectivity index (χ2n) is 4.68. The lowest BCUT2D eigenvalue weighted by Gasteiger charge is -2.16. The van der Waals surface area contributed by atoms with E-state index in [-0.39, 0.29) is 28.3 Å². The number of halogens is 2. The van der Waals surface area contributed by atoms with Gasteiger partial charge in [-0.3, -0.25) is 0 Å². The summed E-state index contributed by atoms with van der Waals surface area (Å²) in [6.07, 6.45) is 0.997. The van der Waals surface area contributed by atoms with Crippen LogP contribution in [0.4, 0.5) is 14.5 Å². The van der Waals surface area contributed by atoms with Crippen molar-refractivity contribution in [2.45, 2.75) is 19.4 Å². The van der Waals surface area contributed by atoms with Crippen LogP contribution in [0.5, 0.6) is 0 Å². The zero-order chi connectivity index (χ0) is 14.0. The molecule has 2 atom stereocenters. The van der Waals surface area contributed by atoms with E-state index < -0.39 is 11.6 Å². The molecule has 1 heterocycles. The Bertz CT molecular complexity index is 473. The van der Waals surface area contributed by atoms with Crippen molar-refractivity contribution in [2.75, 3.05) is 18.5 Å². The first-order valence-electron chi connectivity index (χ1n) is 6.13. The molecule has 0 spiro atoms. The molecule has 19 heavy (non-hydrogen) atoms. The SMILES string of the molecule is CC1OCCC1CNc1c(F)cc(C(N)=S)cc1F. The molecule has 0 bridgehead atoms. The van der Waals surface area contributed by atoms with Crippen molar-refractivity contribution in [1.82, 2.24) is 0 Å². The fourth-order valence-corrected chi connectivity index (χ4v) is 2.28. The molecule has 1 fully saturated rings. The third-order valence-corrected chi connectivity index (χ3v) is 3.64. The molecule has 1 aliphatic heterocycles. The van der Waals surface area contributed by atoms with Crippen molar-refractivity contribution >= 4 is 22.9 Å². The third kappa shape index (κ3) is 3.19. The highest BCUT2D eigenvalue weighted by Gasteiger charge is 2.24. The van der Waals surface area contributed by atoms with Crippen LogP contribution in [0.25, 0.3) is 0 Å². The molecule has 0 radical (unpaired) electrons. The lowest BCUT2D eigenvalue weighted by molar-refractivity contribution is 0.108. The largest absolute Gasteiger partial charge is 0.389 e. The number of hydrogen-bond acceptors (Lipinski definition) is 3. The third-order valence-electron chi connectivity index (χ3n) is 3.40. The molecule has 2 unspecified atom stereocenters. The number of rotatable bonds is 4. The normalized spacial score (nSPS) is 22.5. The van der Waals surface area contributed by atoms with Crippen LogP contribution >= 0.6 is 12.2 Å². The van der Waals surface area contributed by atoms with Crippen LogP contribution in [0.3, 0.4) is 0 Å². The van der Waals surface area contributed by atoms with Gasteiger partial charge in [0.25, 0.3) is 0 Å². The van der Waals surface area contributed by atoms with Crippen LogP contribution in [0.15, 0.2) is 12.1 Å². The standard InChI is InChI=1S/C13H16F2N2OS/c1-7-8(2-3-18-7)6-17-12-10(14)4-9(13(16)19)5-11(12)15/h4-5,7-8,17H,2-3,6H2,1H3,(H2,16,19). The first kappa shape index (κ1) is 14.1. The molecular formula is C13H16F2N2OS. The van der Waals surface area contributed by atoms with Gasteiger partial charge in [-0.2, -0.15) is 0 Å². The quantitative estimate of drug-likeness (QED) is 0.835. The Balaban J connectivity index is 2.10. The fraction of sp³-hybridized carbons (Fsp3) is 0.462. The molecule has 2 rings (SSSR count). The number of thiocarbonyl (C=S) groups is 1. The Morgan fingerprint density at radius 2 is 2.11 bits per heavy atom. The average molecular weight is 286 g/mol. The van der Waals surface area contributed by atoms with Crippen molar-refractivity contribution in [3.05, 3.63) is 29.3 Å². The van der Waals surface area contributed by atoms with Gasteiger partial charge >= 0.3 is 0 Å². The van der Waals surface area contributed by atoms with E-state index in [1.807, 2.05) is 6.92 Å². The first-order valence-corrected chi connectivity index (χ1v) is 6.54. The van der Waals surface area contributed by atoms with Crippen molar-refractivity contribution in [3.8, 4) is 0 Å². The van der Waals surface area contributed by atoms with Crippen LogP contribution in [0.2, 0.25) is 0 Å². The second kappa shape index (κ2) is 5.79. The number of hydrogen-bond donors (Lipinski definition) is 2. The molecule has 104 valence electrons. The number of ether oxygens (including phenoxy) is 1. The molecule has 0 amide bonds. The van der Waals surface area contributed by atoms with Crippen LogP contribution in [0.1, 0.15) is 18.9 Å². The predicted molar refractivity (Wildman–Crippen MR) is 74.3 cm³/mol. The Labute approximate surface area is 116 Å². The van der Waals surface area contributed by atoms with Gasteiger partial charge in [0.15, 0.2) is 0 Å². The highest BCUT2D eigenvalue weighted by molar-refractivity contribution is 7.80. The van der Waals surface area contributed by atoms with Crippen LogP contribution in [0, 0.1) is 17.6 Å². The molecule has 3 nitrogen and oxygen atoms in total. The highest BCUT2D eigenvalue weighted by atomic mass is 32.1. The smallest absolute Gasteiger partial charge is 0.150 e. The molecule has 0 saturated carbocycles. The lowest BCUT2D eigenvalue weighted by atomic mass is 10.0. The Kier molecular flexibility index (Phi) is 4.31. The van der Waals surface area contributed by atoms with Crippen LogP contribution < -0.4 is 11.1 Å². The molecule has 3 N–H and O–H groups in total. The second-order valence-corrected chi connectivity index (χ2v) is 5.12. The van der Waals surface area contributed by atoms with E-state index in [2.05, 4.69) is 5.32 Å². The van der Waals surface area contributed by atoms with Gasteiger partial charge in [-0.05, 0) is 25.5 Å². The summed E-state index contributed by atoms with van der Waals surface area (Å²) >= 11 is 4.70. The first-order chi connectivity index (χ1) is 8.99. The van der Waals surface area contributed by atoms with E-state index >= 15 is 0 Å². The molecule has 1 saturated heterocycles. The van der Waals surface area contributed by atoms with Gasteiger partial charge in [0, 0.05) is 24.6 Å². The van der Waals surface area contributed by atoms with Crippen LogP contribution in [-0.4, -0.2) is 24.2 Å². The van der Waals surface area contributed by atoms with E-state index in [9.17, 15) is 8.78 Å². The number of nitrogens with two attached hydrogens (primary N) is 1. The summed E-state index contributed by atoms with van der Waals surface area (Å²) in [6.45, 7) is 3.13. The van der Waals surface area contributed by atoms with E-state index in [0.717, 1.165) is 18.6 Å². The maximum atomic E-state index is 13.8. The molecule has 1 aromatic carbocycles. The maximum absolute atomic E-state index is 13.8. The monoisotopic (exact) mass is 286 g/mol. The lowest BCUT2D eigenvalue weighted by Crippen LogP contribution is -2.22. The summed E-state index contributed by atoms with van der Waals surface area (Å²) in [5.74, 6) is -1.11. The summed E-state index contributed by atoms with van der Waals surface area (Å²) in [6, 6.07) is 2.28. The summed E-state index contributed by atoms with van der Waals surface area (Å²) in [4.78, 5) is -0.0258. The summed E-state index contributed by atoms with van der Waals surface area (Å²) in [7, 11) is 0. The predicted octanol–water partition coefficient (Wildman–Crippen LogP) is 2.44. The zero-order valence-electron chi connectivity index (χ0n) is 10.6. The van der Waals surface area contributed by atoms with E-state index in [0.29, 0.717) is 13.2 Å². The number of nitrogens with one attached hydrogen (secondary N) is 1. The van der Waals surface area contributed by atoms with Crippen molar-refractivity contribution < 1.29 is 13.5 Å². The molecular weight excluding hydrogens is 270 g/mol. The molecule has 6 heteroatoms. The Morgan fingerprint density at radius 3 is 2.58 bits per heavy atom. The minimum Gasteiger partial charge on any atom is -0.389 e. The molecule has 0 aliphatic carbocycles. The van der Waals surface area contributed by atoms with Crippen molar-refractivity contribution in [3.63, 3.8) is 0 Å². The van der Waals surface area contributed by atoms with Gasteiger partial charge in [0.1, 0.15) is 22.3 Å².